The molecule has 11 nitrogen and oxygen atoms in total. The van der Waals surface area contributed by atoms with Gasteiger partial charge in [-0.3, -0.25) is 14.4 Å². The first-order chi connectivity index (χ1) is 25.4. The van der Waals surface area contributed by atoms with Gasteiger partial charge in [-0.15, -0.1) is 0 Å². The van der Waals surface area contributed by atoms with Crippen LogP contribution in [-0.2, 0) is 20.8 Å². The summed E-state index contributed by atoms with van der Waals surface area (Å²) in [5.74, 6) is 1.12. The minimum atomic E-state index is -1.24. The number of imidazole rings is 1. The molecule has 2 aliphatic heterocycles. The van der Waals surface area contributed by atoms with Crippen LogP contribution in [0.25, 0.3) is 33.8 Å². The summed E-state index contributed by atoms with van der Waals surface area (Å²) >= 11 is 0. The number of nitrogens with one attached hydrogen (secondary N) is 2. The van der Waals surface area contributed by atoms with Gasteiger partial charge < -0.3 is 29.6 Å². The van der Waals surface area contributed by atoms with Gasteiger partial charge in [-0.25, -0.2) is 9.97 Å². The van der Waals surface area contributed by atoms with Crippen LogP contribution in [0.3, 0.4) is 0 Å². The van der Waals surface area contributed by atoms with Crippen LogP contribution in [0, 0.1) is 0 Å². The van der Waals surface area contributed by atoms with E-state index in [1.54, 1.807) is 24.4 Å². The highest BCUT2D eigenvalue weighted by atomic mass is 16.4. The van der Waals surface area contributed by atoms with Crippen molar-refractivity contribution in [3.8, 4) is 22.8 Å². The van der Waals surface area contributed by atoms with E-state index in [9.17, 15) is 19.5 Å². The Kier molecular flexibility index (Phi) is 9.25. The molecule has 3 N–H and O–H groups in total. The van der Waals surface area contributed by atoms with Crippen LogP contribution in [0.2, 0.25) is 0 Å². The quantitative estimate of drug-likeness (QED) is 0.163. The van der Waals surface area contributed by atoms with E-state index in [0.717, 1.165) is 47.2 Å². The number of benzene rings is 3. The van der Waals surface area contributed by atoms with Gasteiger partial charge in [0.1, 0.15) is 11.9 Å². The number of H-pyrrole nitrogens is 1. The molecule has 52 heavy (non-hydrogen) atoms. The molecule has 0 radical (unpaired) electrons. The van der Waals surface area contributed by atoms with Gasteiger partial charge in [-0.2, -0.15) is 0 Å². The largest absolute Gasteiger partial charge is 0.436 e. The number of fused-ring (bicyclic) bond motifs is 1. The Balaban J connectivity index is 0.943. The summed E-state index contributed by atoms with van der Waals surface area (Å²) in [6, 6.07) is 22.2. The first-order valence-electron chi connectivity index (χ1n) is 18.0. The number of aliphatic hydroxyl groups excluding tert-OH is 1. The molecule has 264 valence electrons. The van der Waals surface area contributed by atoms with Crippen LogP contribution >= 0.6 is 0 Å². The molecular weight excluding hydrogens is 656 g/mol. The zero-order chi connectivity index (χ0) is 35.6. The van der Waals surface area contributed by atoms with Crippen molar-refractivity contribution in [2.45, 2.75) is 63.1 Å². The number of nitrogens with zero attached hydrogens (tertiary/aromatic N) is 4. The molecule has 3 atom stereocenters. The number of anilines is 1. The molecule has 0 saturated carbocycles. The summed E-state index contributed by atoms with van der Waals surface area (Å²) in [5.41, 5.74) is 5.39. The Hall–Kier alpha value is -5.81. The molecule has 2 saturated heterocycles. The van der Waals surface area contributed by atoms with Crippen molar-refractivity contribution in [3.05, 3.63) is 114 Å². The molecule has 11 heteroatoms. The standard InChI is InChI=1S/C41H40N6O5/c48-36(22-26-10-3-1-4-11-26)46-20-8-16-33(46)38-44-31-19-18-28(24-32(31)45-38)35-25-42-40(52-35)29-14-7-15-30(23-29)43-39(50)34-17-9-21-47(34)41(51)37(49)27-12-5-2-6-13-27/h1-5,7,10-12,14-15,18-19,23-25,33-34,37,49H,6,8-9,13,16-17,20-22H2,(H,43,50)(H,44,45)/t33-,34-,37+/m0/s1. The first-order valence-corrected chi connectivity index (χ1v) is 18.0. The van der Waals surface area contributed by atoms with Crippen molar-refractivity contribution in [3.63, 3.8) is 0 Å². The summed E-state index contributed by atoms with van der Waals surface area (Å²) in [7, 11) is 0. The fourth-order valence-corrected chi connectivity index (χ4v) is 7.53. The molecule has 4 heterocycles. The number of hydrogen-bond acceptors (Lipinski definition) is 7. The van der Waals surface area contributed by atoms with Gasteiger partial charge in [0, 0.05) is 29.9 Å². The zero-order valence-corrected chi connectivity index (χ0v) is 28.7. The highest BCUT2D eigenvalue weighted by Gasteiger charge is 2.38. The van der Waals surface area contributed by atoms with Crippen molar-refractivity contribution < 1.29 is 23.9 Å². The average molecular weight is 697 g/mol. The molecular formula is C41H40N6O5. The Morgan fingerprint density at radius 3 is 2.65 bits per heavy atom. The zero-order valence-electron chi connectivity index (χ0n) is 28.7. The minimum absolute atomic E-state index is 0.0996. The molecule has 8 rings (SSSR count). The summed E-state index contributed by atoms with van der Waals surface area (Å²) in [6.07, 6.45) is 10.8. The molecule has 2 aromatic heterocycles. The SMILES string of the molecule is O=C(Nc1cccc(-c2ncc(-c3ccc4nc([C@@H]5CCCN5C(=O)Cc5ccccc5)[nH]c4c3)o2)c1)[C@@H]1CCCN1C(=O)[C@H](O)C1=CC=CCC1. The average Bonchev–Trinajstić information content (AvgIpc) is 4.01. The summed E-state index contributed by atoms with van der Waals surface area (Å²) in [5, 5.41) is 13.7. The van der Waals surface area contributed by atoms with E-state index in [-0.39, 0.29) is 17.9 Å². The van der Waals surface area contributed by atoms with Crippen molar-refractivity contribution in [1.29, 1.82) is 0 Å². The van der Waals surface area contributed by atoms with Crippen molar-refractivity contribution in [2.24, 2.45) is 0 Å². The van der Waals surface area contributed by atoms with Crippen LogP contribution in [-0.4, -0.2) is 72.8 Å². The number of carbonyl (C=O) groups is 3. The second-order valence-corrected chi connectivity index (χ2v) is 13.7. The van der Waals surface area contributed by atoms with E-state index < -0.39 is 18.1 Å². The Morgan fingerprint density at radius 2 is 1.81 bits per heavy atom. The molecule has 3 aromatic carbocycles. The number of carbonyl (C=O) groups excluding carboxylic acids is 3. The lowest BCUT2D eigenvalue weighted by atomic mass is 9.99. The third-order valence-electron chi connectivity index (χ3n) is 10.2. The third-order valence-corrected chi connectivity index (χ3v) is 10.2. The number of hydrogen-bond donors (Lipinski definition) is 3. The summed E-state index contributed by atoms with van der Waals surface area (Å²) < 4.78 is 6.21. The molecule has 0 bridgehead atoms. The van der Waals surface area contributed by atoms with Gasteiger partial charge >= 0.3 is 0 Å². The van der Waals surface area contributed by atoms with E-state index in [1.165, 1.54) is 4.90 Å². The Labute approximate surface area is 301 Å². The predicted octanol–water partition coefficient (Wildman–Crippen LogP) is 6.36. The second-order valence-electron chi connectivity index (χ2n) is 13.7. The number of aromatic amines is 1. The highest BCUT2D eigenvalue weighted by Crippen LogP contribution is 2.34. The van der Waals surface area contributed by atoms with Crippen molar-refractivity contribution in [1.82, 2.24) is 24.8 Å². The number of likely N-dealkylation sites (tertiary alicyclic amines) is 2. The van der Waals surface area contributed by atoms with Gasteiger partial charge in [0.25, 0.3) is 5.91 Å². The van der Waals surface area contributed by atoms with E-state index in [0.29, 0.717) is 67.2 Å². The van der Waals surface area contributed by atoms with Crippen LogP contribution in [0.15, 0.2) is 107 Å². The highest BCUT2D eigenvalue weighted by molar-refractivity contribution is 5.99. The topological polar surface area (TPSA) is 145 Å². The van der Waals surface area contributed by atoms with E-state index in [4.69, 9.17) is 9.40 Å². The molecule has 5 aromatic rings. The van der Waals surface area contributed by atoms with Crippen LogP contribution in [0.1, 0.15) is 56.0 Å². The Bertz CT molecular complexity index is 2190. The fraction of sp³-hybridized carbons (Fsp3) is 0.293. The normalized spacial score (nSPS) is 19.2. The first kappa shape index (κ1) is 33.3. The number of oxazole rings is 1. The van der Waals surface area contributed by atoms with Gasteiger partial charge in [0.15, 0.2) is 11.9 Å². The maximum Gasteiger partial charge on any atom is 0.256 e. The van der Waals surface area contributed by atoms with Crippen molar-refractivity contribution >= 4 is 34.4 Å². The monoisotopic (exact) mass is 696 g/mol. The lowest BCUT2D eigenvalue weighted by molar-refractivity contribution is -0.142. The molecule has 2 fully saturated rings. The lowest BCUT2D eigenvalue weighted by Crippen LogP contribution is -2.47. The number of aromatic nitrogens is 3. The van der Waals surface area contributed by atoms with Gasteiger partial charge in [0.2, 0.25) is 17.7 Å². The number of allylic oxidation sites excluding steroid dienone is 3. The van der Waals surface area contributed by atoms with E-state index in [2.05, 4.69) is 15.3 Å². The molecule has 3 aliphatic rings. The maximum atomic E-state index is 13.4. The van der Waals surface area contributed by atoms with Gasteiger partial charge in [-0.1, -0.05) is 54.6 Å². The maximum absolute atomic E-state index is 13.4. The predicted molar refractivity (Wildman–Crippen MR) is 197 cm³/mol. The van der Waals surface area contributed by atoms with E-state index in [1.807, 2.05) is 77.7 Å². The fourth-order valence-electron chi connectivity index (χ4n) is 7.53. The third kappa shape index (κ3) is 6.79. The van der Waals surface area contributed by atoms with Gasteiger partial charge in [0.05, 0.1) is 29.7 Å². The summed E-state index contributed by atoms with van der Waals surface area (Å²) in [6.45, 7) is 1.14. The van der Waals surface area contributed by atoms with Crippen LogP contribution in [0.4, 0.5) is 5.69 Å². The molecule has 3 amide bonds. The Morgan fingerprint density at radius 1 is 0.962 bits per heavy atom. The van der Waals surface area contributed by atoms with Crippen LogP contribution < -0.4 is 5.32 Å². The summed E-state index contributed by atoms with van der Waals surface area (Å²) in [4.78, 5) is 56.1. The number of rotatable bonds is 9. The van der Waals surface area contributed by atoms with Gasteiger partial charge in [-0.05, 0) is 86.1 Å². The van der Waals surface area contributed by atoms with Crippen molar-refractivity contribution in [2.75, 3.05) is 18.4 Å². The second kappa shape index (κ2) is 14.4. The molecule has 1 aliphatic carbocycles. The smallest absolute Gasteiger partial charge is 0.256 e. The number of amides is 3. The van der Waals surface area contributed by atoms with E-state index >= 15 is 0 Å². The lowest BCUT2D eigenvalue weighted by Gasteiger charge is -2.27. The minimum Gasteiger partial charge on any atom is -0.436 e. The number of aliphatic hydroxyl groups is 1. The van der Waals surface area contributed by atoms with Crippen LogP contribution in [0.5, 0.6) is 0 Å². The molecule has 0 unspecified atom stereocenters. The molecule has 0 spiro atoms.